The first kappa shape index (κ1) is 13.5. The Morgan fingerprint density at radius 2 is 1.95 bits per heavy atom. The van der Waals surface area contributed by atoms with Crippen LogP contribution >= 0.6 is 11.8 Å². The summed E-state index contributed by atoms with van der Waals surface area (Å²) in [5.41, 5.74) is 11.1. The van der Waals surface area contributed by atoms with E-state index in [2.05, 4.69) is 19.1 Å². The second-order valence-electron chi connectivity index (χ2n) is 4.58. The monoisotopic (exact) mass is 268 g/mol. The molecule has 0 unspecified atom stereocenters. The molecule has 0 saturated carbocycles. The average molecular weight is 268 g/mol. The Labute approximate surface area is 118 Å². The molecule has 0 saturated heterocycles. The van der Waals surface area contributed by atoms with Gasteiger partial charge in [-0.3, -0.25) is 0 Å². The second-order valence-corrected chi connectivity index (χ2v) is 5.60. The summed E-state index contributed by atoms with van der Waals surface area (Å²) in [6.45, 7) is 4.10. The number of thioether (sulfide) groups is 1. The Morgan fingerprint density at radius 1 is 1.16 bits per heavy atom. The molecule has 0 spiro atoms. The summed E-state index contributed by atoms with van der Waals surface area (Å²) in [6, 6.07) is 14.0. The molecule has 2 aromatic carbocycles. The smallest absolute Gasteiger partial charge is 0.0991 e. The largest absolute Gasteiger partial charge is 0.398 e. The van der Waals surface area contributed by atoms with Gasteiger partial charge in [-0.2, -0.15) is 5.26 Å². The molecular weight excluding hydrogens is 252 g/mol. The molecule has 0 radical (unpaired) electrons. The SMILES string of the molecule is Cc1ccc(N)c(SCc2ccc(C#N)cc2C)c1. The van der Waals surface area contributed by atoms with Crippen molar-refractivity contribution in [1.29, 1.82) is 5.26 Å². The van der Waals surface area contributed by atoms with Gasteiger partial charge in [-0.25, -0.2) is 0 Å². The third-order valence-corrected chi connectivity index (χ3v) is 4.14. The number of nitrogen functional groups attached to an aromatic ring is 1. The fraction of sp³-hybridized carbons (Fsp3) is 0.188. The lowest BCUT2D eigenvalue weighted by Crippen LogP contribution is -1.91. The molecule has 19 heavy (non-hydrogen) atoms. The zero-order valence-electron chi connectivity index (χ0n) is 11.1. The van der Waals surface area contributed by atoms with Gasteiger partial charge in [0.1, 0.15) is 0 Å². The fourth-order valence-corrected chi connectivity index (χ4v) is 2.99. The lowest BCUT2D eigenvalue weighted by Gasteiger charge is -2.09. The van der Waals surface area contributed by atoms with Crippen molar-refractivity contribution in [3.05, 3.63) is 58.7 Å². The summed E-state index contributed by atoms with van der Waals surface area (Å²) in [5.74, 6) is 0.866. The normalized spacial score (nSPS) is 10.2. The lowest BCUT2D eigenvalue weighted by atomic mass is 10.1. The van der Waals surface area contributed by atoms with E-state index in [9.17, 15) is 0 Å². The molecule has 0 amide bonds. The molecule has 0 bridgehead atoms. The van der Waals surface area contributed by atoms with Gasteiger partial charge in [0, 0.05) is 16.3 Å². The zero-order chi connectivity index (χ0) is 13.8. The summed E-state index contributed by atoms with van der Waals surface area (Å²) in [5, 5.41) is 8.86. The minimum atomic E-state index is 0.710. The van der Waals surface area contributed by atoms with E-state index in [1.165, 1.54) is 11.1 Å². The van der Waals surface area contributed by atoms with E-state index < -0.39 is 0 Å². The van der Waals surface area contributed by atoms with Gasteiger partial charge in [-0.05, 0) is 54.8 Å². The van der Waals surface area contributed by atoms with Crippen molar-refractivity contribution in [1.82, 2.24) is 0 Å². The van der Waals surface area contributed by atoms with E-state index in [-0.39, 0.29) is 0 Å². The molecule has 0 fully saturated rings. The Kier molecular flexibility index (Phi) is 4.13. The van der Waals surface area contributed by atoms with Crippen molar-refractivity contribution in [2.24, 2.45) is 0 Å². The minimum absolute atomic E-state index is 0.710. The molecule has 0 atom stereocenters. The van der Waals surface area contributed by atoms with Crippen LogP contribution in [-0.2, 0) is 5.75 Å². The van der Waals surface area contributed by atoms with Crippen LogP contribution < -0.4 is 5.73 Å². The Hall–Kier alpha value is -1.92. The summed E-state index contributed by atoms with van der Waals surface area (Å²) >= 11 is 1.73. The number of nitrogens with two attached hydrogens (primary N) is 1. The van der Waals surface area contributed by atoms with Crippen molar-refractivity contribution in [3.63, 3.8) is 0 Å². The molecule has 3 heteroatoms. The number of hydrogen-bond acceptors (Lipinski definition) is 3. The number of rotatable bonds is 3. The average Bonchev–Trinajstić information content (AvgIpc) is 2.40. The van der Waals surface area contributed by atoms with Gasteiger partial charge in [0.2, 0.25) is 0 Å². The summed E-state index contributed by atoms with van der Waals surface area (Å²) < 4.78 is 0. The molecule has 0 heterocycles. The van der Waals surface area contributed by atoms with E-state index in [1.54, 1.807) is 11.8 Å². The van der Waals surface area contributed by atoms with Gasteiger partial charge in [0.15, 0.2) is 0 Å². The highest BCUT2D eigenvalue weighted by Gasteiger charge is 2.04. The third-order valence-electron chi connectivity index (χ3n) is 3.02. The highest BCUT2D eigenvalue weighted by Crippen LogP contribution is 2.30. The van der Waals surface area contributed by atoms with Crippen LogP contribution in [0.2, 0.25) is 0 Å². The highest BCUT2D eigenvalue weighted by atomic mass is 32.2. The van der Waals surface area contributed by atoms with Crippen LogP contribution in [0.3, 0.4) is 0 Å². The van der Waals surface area contributed by atoms with E-state index in [0.717, 1.165) is 21.9 Å². The van der Waals surface area contributed by atoms with Crippen molar-refractivity contribution in [2.45, 2.75) is 24.5 Å². The minimum Gasteiger partial charge on any atom is -0.398 e. The van der Waals surface area contributed by atoms with Gasteiger partial charge < -0.3 is 5.73 Å². The van der Waals surface area contributed by atoms with Crippen molar-refractivity contribution in [2.75, 3.05) is 5.73 Å². The standard InChI is InChI=1S/C16H16N2S/c1-11-3-6-15(18)16(7-11)19-10-14-5-4-13(9-17)8-12(14)2/h3-8H,10,18H2,1-2H3. The number of anilines is 1. The molecule has 2 rings (SSSR count). The molecule has 96 valence electrons. The maximum Gasteiger partial charge on any atom is 0.0991 e. The third kappa shape index (κ3) is 3.30. The van der Waals surface area contributed by atoms with Crippen LogP contribution in [0.25, 0.3) is 0 Å². The van der Waals surface area contributed by atoms with E-state index in [4.69, 9.17) is 11.0 Å². The first-order chi connectivity index (χ1) is 9.10. The van der Waals surface area contributed by atoms with Crippen LogP contribution in [0.4, 0.5) is 5.69 Å². The van der Waals surface area contributed by atoms with Crippen LogP contribution in [0.1, 0.15) is 22.3 Å². The van der Waals surface area contributed by atoms with Crippen molar-refractivity contribution < 1.29 is 0 Å². The van der Waals surface area contributed by atoms with Gasteiger partial charge in [-0.1, -0.05) is 12.1 Å². The number of nitriles is 1. The molecule has 0 aliphatic carbocycles. The van der Waals surface area contributed by atoms with Gasteiger partial charge in [0.05, 0.1) is 11.6 Å². The van der Waals surface area contributed by atoms with Gasteiger partial charge in [0.25, 0.3) is 0 Å². The molecule has 2 nitrogen and oxygen atoms in total. The van der Waals surface area contributed by atoms with Crippen LogP contribution in [0.5, 0.6) is 0 Å². The first-order valence-corrected chi connectivity index (χ1v) is 7.07. The van der Waals surface area contributed by atoms with Crippen LogP contribution in [-0.4, -0.2) is 0 Å². The lowest BCUT2D eigenvalue weighted by molar-refractivity contribution is 1.28. The van der Waals surface area contributed by atoms with Crippen LogP contribution in [0.15, 0.2) is 41.3 Å². The number of hydrogen-bond donors (Lipinski definition) is 1. The van der Waals surface area contributed by atoms with E-state index >= 15 is 0 Å². The molecular formula is C16H16N2S. The van der Waals surface area contributed by atoms with Crippen molar-refractivity contribution in [3.8, 4) is 6.07 Å². The highest BCUT2D eigenvalue weighted by molar-refractivity contribution is 7.98. The fourth-order valence-electron chi connectivity index (χ4n) is 1.85. The number of nitrogens with zero attached hydrogens (tertiary/aromatic N) is 1. The Bertz CT molecular complexity index is 642. The summed E-state index contributed by atoms with van der Waals surface area (Å²) in [7, 11) is 0. The maximum absolute atomic E-state index is 8.86. The second kappa shape index (κ2) is 5.81. The molecule has 2 N–H and O–H groups in total. The zero-order valence-corrected chi connectivity index (χ0v) is 11.9. The number of aryl methyl sites for hydroxylation is 2. The molecule has 0 aromatic heterocycles. The quantitative estimate of drug-likeness (QED) is 0.675. The topological polar surface area (TPSA) is 49.8 Å². The predicted octanol–water partition coefficient (Wildman–Crippen LogP) is 4.05. The first-order valence-electron chi connectivity index (χ1n) is 6.08. The number of benzene rings is 2. The molecule has 0 aliphatic heterocycles. The van der Waals surface area contributed by atoms with E-state index in [0.29, 0.717) is 5.56 Å². The van der Waals surface area contributed by atoms with Crippen LogP contribution in [0, 0.1) is 25.2 Å². The van der Waals surface area contributed by atoms with E-state index in [1.807, 2.05) is 37.3 Å². The van der Waals surface area contributed by atoms with Crippen molar-refractivity contribution >= 4 is 17.4 Å². The van der Waals surface area contributed by atoms with Gasteiger partial charge in [-0.15, -0.1) is 11.8 Å². The molecule has 0 aliphatic rings. The summed E-state index contributed by atoms with van der Waals surface area (Å²) in [4.78, 5) is 1.11. The Balaban J connectivity index is 2.15. The van der Waals surface area contributed by atoms with Gasteiger partial charge >= 0.3 is 0 Å². The summed E-state index contributed by atoms with van der Waals surface area (Å²) in [6.07, 6.45) is 0. The Morgan fingerprint density at radius 3 is 2.63 bits per heavy atom. The maximum atomic E-state index is 8.86. The molecule has 2 aromatic rings. The predicted molar refractivity (Wildman–Crippen MR) is 81.0 cm³/mol.